The number of carbonyl (C=O) groups is 1. The Morgan fingerprint density at radius 2 is 1.96 bits per heavy atom. The van der Waals surface area contributed by atoms with Crippen LogP contribution in [0.3, 0.4) is 0 Å². The number of rotatable bonds is 8. The Kier molecular flexibility index (Phi) is 7.51. The largest absolute Gasteiger partial charge is 0.490 e. The second-order valence-corrected chi connectivity index (χ2v) is 5.25. The van der Waals surface area contributed by atoms with Crippen LogP contribution in [-0.2, 0) is 9.53 Å². The number of nitrogens with one attached hydrogen (secondary N) is 1. The number of nitrogens with zero attached hydrogens (tertiary/aromatic N) is 2. The van der Waals surface area contributed by atoms with Gasteiger partial charge in [0.15, 0.2) is 11.5 Å². The van der Waals surface area contributed by atoms with Crippen molar-refractivity contribution in [1.29, 1.82) is 0 Å². The van der Waals surface area contributed by atoms with Gasteiger partial charge in [0.1, 0.15) is 0 Å². The normalized spacial score (nSPS) is 15.4. The van der Waals surface area contributed by atoms with Crippen LogP contribution in [0.1, 0.15) is 19.4 Å². The number of hydrogen-bond donors (Lipinski definition) is 1. The number of ether oxygens (including phenoxy) is 3. The molecule has 7 heteroatoms. The lowest BCUT2D eigenvalue weighted by atomic mass is 10.2. The summed E-state index contributed by atoms with van der Waals surface area (Å²) in [6.45, 7) is 8.18. The zero-order valence-electron chi connectivity index (χ0n) is 14.3. The fraction of sp³-hybridized carbons (Fsp3) is 0.529. The highest BCUT2D eigenvalue weighted by Gasteiger charge is 2.13. The van der Waals surface area contributed by atoms with Gasteiger partial charge in [0.05, 0.1) is 39.2 Å². The minimum Gasteiger partial charge on any atom is -0.490 e. The number of benzene rings is 1. The summed E-state index contributed by atoms with van der Waals surface area (Å²) in [7, 11) is 0. The van der Waals surface area contributed by atoms with Gasteiger partial charge in [-0.2, -0.15) is 5.10 Å². The molecular formula is C17H25N3O4. The molecule has 1 saturated heterocycles. The predicted octanol–water partition coefficient (Wildman–Crippen LogP) is 1.27. The molecule has 0 saturated carbocycles. The van der Waals surface area contributed by atoms with Crippen LogP contribution in [0.4, 0.5) is 0 Å². The maximum absolute atomic E-state index is 11.9. The third-order valence-corrected chi connectivity index (χ3v) is 3.44. The fourth-order valence-corrected chi connectivity index (χ4v) is 2.32. The molecule has 1 aliphatic rings. The number of morpholine rings is 1. The SMILES string of the molecule is CCOc1ccc(C=NNC(=O)CN2CCOCC2)cc1OCC. The van der Waals surface area contributed by atoms with Crippen molar-refractivity contribution in [2.24, 2.45) is 5.10 Å². The van der Waals surface area contributed by atoms with Crippen LogP contribution in [0.2, 0.25) is 0 Å². The van der Waals surface area contributed by atoms with E-state index in [2.05, 4.69) is 10.5 Å². The molecule has 0 bridgehead atoms. The van der Waals surface area contributed by atoms with Crippen molar-refractivity contribution in [3.8, 4) is 11.5 Å². The topological polar surface area (TPSA) is 72.4 Å². The van der Waals surface area contributed by atoms with Gasteiger partial charge in [0.2, 0.25) is 0 Å². The molecule has 132 valence electrons. The first kappa shape index (κ1) is 18.2. The smallest absolute Gasteiger partial charge is 0.254 e. The lowest BCUT2D eigenvalue weighted by Crippen LogP contribution is -2.42. The molecule has 1 amide bonds. The van der Waals surface area contributed by atoms with Gasteiger partial charge in [-0.05, 0) is 37.6 Å². The molecule has 1 aromatic rings. The molecule has 0 atom stereocenters. The van der Waals surface area contributed by atoms with Crippen molar-refractivity contribution in [1.82, 2.24) is 10.3 Å². The van der Waals surface area contributed by atoms with Crippen LogP contribution >= 0.6 is 0 Å². The number of hydrogen-bond acceptors (Lipinski definition) is 6. The summed E-state index contributed by atoms with van der Waals surface area (Å²) in [6, 6.07) is 5.54. The minimum absolute atomic E-state index is 0.135. The molecule has 0 radical (unpaired) electrons. The summed E-state index contributed by atoms with van der Waals surface area (Å²) in [6.07, 6.45) is 1.59. The third kappa shape index (κ3) is 5.82. The molecule has 1 N–H and O–H groups in total. The van der Waals surface area contributed by atoms with Crippen LogP contribution in [0.25, 0.3) is 0 Å². The third-order valence-electron chi connectivity index (χ3n) is 3.44. The Balaban J connectivity index is 1.88. The van der Waals surface area contributed by atoms with E-state index in [0.717, 1.165) is 18.7 Å². The molecule has 0 unspecified atom stereocenters. The summed E-state index contributed by atoms with van der Waals surface area (Å²) < 4.78 is 16.3. The van der Waals surface area contributed by atoms with Gasteiger partial charge in [-0.3, -0.25) is 9.69 Å². The van der Waals surface area contributed by atoms with Gasteiger partial charge in [-0.25, -0.2) is 5.43 Å². The highest BCUT2D eigenvalue weighted by atomic mass is 16.5. The van der Waals surface area contributed by atoms with Crippen LogP contribution in [0.15, 0.2) is 23.3 Å². The first-order valence-corrected chi connectivity index (χ1v) is 8.24. The van der Waals surface area contributed by atoms with Crippen molar-refractivity contribution in [2.75, 3.05) is 46.1 Å². The van der Waals surface area contributed by atoms with E-state index >= 15 is 0 Å². The second-order valence-electron chi connectivity index (χ2n) is 5.25. The first-order chi connectivity index (χ1) is 11.7. The highest BCUT2D eigenvalue weighted by molar-refractivity contribution is 5.83. The lowest BCUT2D eigenvalue weighted by molar-refractivity contribution is -0.123. The quantitative estimate of drug-likeness (QED) is 0.572. The van der Waals surface area contributed by atoms with Gasteiger partial charge in [-0.15, -0.1) is 0 Å². The van der Waals surface area contributed by atoms with Gasteiger partial charge in [0, 0.05) is 13.1 Å². The maximum Gasteiger partial charge on any atom is 0.254 e. The van der Waals surface area contributed by atoms with Gasteiger partial charge >= 0.3 is 0 Å². The van der Waals surface area contributed by atoms with E-state index in [0.29, 0.717) is 44.5 Å². The number of carbonyl (C=O) groups excluding carboxylic acids is 1. The minimum atomic E-state index is -0.135. The van der Waals surface area contributed by atoms with Gasteiger partial charge in [0.25, 0.3) is 5.91 Å². The molecular weight excluding hydrogens is 310 g/mol. The number of hydrazone groups is 1. The average Bonchev–Trinajstić information content (AvgIpc) is 2.58. The van der Waals surface area contributed by atoms with Crippen LogP contribution in [0.5, 0.6) is 11.5 Å². The van der Waals surface area contributed by atoms with Crippen LogP contribution in [0, 0.1) is 0 Å². The molecule has 0 aliphatic carbocycles. The highest BCUT2D eigenvalue weighted by Crippen LogP contribution is 2.27. The Morgan fingerprint density at radius 3 is 2.67 bits per heavy atom. The van der Waals surface area contributed by atoms with Crippen molar-refractivity contribution < 1.29 is 19.0 Å². The second kappa shape index (κ2) is 9.89. The van der Waals surface area contributed by atoms with Crippen LogP contribution in [-0.4, -0.2) is 63.1 Å². The van der Waals surface area contributed by atoms with E-state index in [1.165, 1.54) is 0 Å². The van der Waals surface area contributed by atoms with E-state index in [1.807, 2.05) is 36.9 Å². The summed E-state index contributed by atoms with van der Waals surface area (Å²) in [5.74, 6) is 1.24. The standard InChI is InChI=1S/C17H25N3O4/c1-3-23-15-6-5-14(11-16(15)24-4-2)12-18-19-17(21)13-20-7-9-22-10-8-20/h5-6,11-12H,3-4,7-10,13H2,1-2H3,(H,19,21). The predicted molar refractivity (Wildman–Crippen MR) is 91.8 cm³/mol. The maximum atomic E-state index is 11.9. The van der Waals surface area contributed by atoms with Crippen molar-refractivity contribution in [3.63, 3.8) is 0 Å². The molecule has 2 rings (SSSR count). The zero-order valence-corrected chi connectivity index (χ0v) is 14.3. The van der Waals surface area contributed by atoms with Crippen molar-refractivity contribution in [2.45, 2.75) is 13.8 Å². The average molecular weight is 335 g/mol. The van der Waals surface area contributed by atoms with E-state index in [9.17, 15) is 4.79 Å². The molecule has 1 heterocycles. The zero-order chi connectivity index (χ0) is 17.2. The molecule has 1 fully saturated rings. The molecule has 0 aromatic heterocycles. The monoisotopic (exact) mass is 335 g/mol. The van der Waals surface area contributed by atoms with Gasteiger partial charge in [-0.1, -0.05) is 0 Å². The Labute approximate surface area is 142 Å². The van der Waals surface area contributed by atoms with E-state index in [4.69, 9.17) is 14.2 Å². The summed E-state index contributed by atoms with van der Waals surface area (Å²) in [5, 5.41) is 4.01. The lowest BCUT2D eigenvalue weighted by Gasteiger charge is -2.25. The van der Waals surface area contributed by atoms with E-state index in [-0.39, 0.29) is 5.91 Å². The summed E-state index contributed by atoms with van der Waals surface area (Å²) in [4.78, 5) is 13.9. The molecule has 1 aromatic carbocycles. The molecule has 0 spiro atoms. The molecule has 7 nitrogen and oxygen atoms in total. The molecule has 24 heavy (non-hydrogen) atoms. The van der Waals surface area contributed by atoms with Crippen molar-refractivity contribution >= 4 is 12.1 Å². The van der Waals surface area contributed by atoms with E-state index in [1.54, 1.807) is 6.21 Å². The Bertz CT molecular complexity index is 557. The molecule has 1 aliphatic heterocycles. The summed E-state index contributed by atoms with van der Waals surface area (Å²) >= 11 is 0. The Hall–Kier alpha value is -2.12. The fourth-order valence-electron chi connectivity index (χ4n) is 2.32. The van der Waals surface area contributed by atoms with Crippen molar-refractivity contribution in [3.05, 3.63) is 23.8 Å². The Morgan fingerprint density at radius 1 is 1.25 bits per heavy atom. The number of amides is 1. The van der Waals surface area contributed by atoms with Gasteiger partial charge < -0.3 is 14.2 Å². The first-order valence-electron chi connectivity index (χ1n) is 8.24. The van der Waals surface area contributed by atoms with Crippen LogP contribution < -0.4 is 14.9 Å². The summed E-state index contributed by atoms with van der Waals surface area (Å²) in [5.41, 5.74) is 3.37. The van der Waals surface area contributed by atoms with E-state index < -0.39 is 0 Å².